The zero-order chi connectivity index (χ0) is 23.4. The van der Waals surface area contributed by atoms with E-state index in [9.17, 15) is 4.79 Å². The van der Waals surface area contributed by atoms with Crippen LogP contribution in [0.2, 0.25) is 0 Å². The van der Waals surface area contributed by atoms with Gasteiger partial charge in [-0.05, 0) is 71.3 Å². The maximum absolute atomic E-state index is 13.6. The highest BCUT2D eigenvalue weighted by molar-refractivity contribution is 5.79. The van der Waals surface area contributed by atoms with Crippen molar-refractivity contribution in [3.63, 3.8) is 0 Å². The molecule has 0 aromatic carbocycles. The van der Waals surface area contributed by atoms with E-state index in [-0.39, 0.29) is 24.0 Å². The fourth-order valence-corrected chi connectivity index (χ4v) is 6.68. The third kappa shape index (κ3) is 6.47. The van der Waals surface area contributed by atoms with Gasteiger partial charge in [0, 0.05) is 69.4 Å². The lowest BCUT2D eigenvalue weighted by atomic mass is 9.71. The number of likely N-dealkylation sites (N-methyl/N-ethyl adjacent to an activating group) is 1. The van der Waals surface area contributed by atoms with E-state index in [1.54, 1.807) is 0 Å². The summed E-state index contributed by atoms with van der Waals surface area (Å²) in [6.07, 6.45) is 8.16. The standard InChI is InChI=1S/C25H48N6O2/c1-17(2)31-16-22-21(25(32)27-20-7-11-33-12-8-20)14-23(28-24(22)29-31)19-6-4-5-18(13-19)15-30(3)10-9-26/h17-24,28-29H,4-16,26H2,1-3H3,(H,27,32). The van der Waals surface area contributed by atoms with Crippen LogP contribution in [0, 0.1) is 23.7 Å². The number of nitrogens with two attached hydrogens (primary N) is 1. The first kappa shape index (κ1) is 25.3. The molecular formula is C25H48N6O2. The highest BCUT2D eigenvalue weighted by Crippen LogP contribution is 2.39. The van der Waals surface area contributed by atoms with Crippen LogP contribution in [0.4, 0.5) is 0 Å². The fourth-order valence-electron chi connectivity index (χ4n) is 6.68. The minimum atomic E-state index is 0.0700. The Morgan fingerprint density at radius 3 is 2.73 bits per heavy atom. The molecule has 0 aromatic heterocycles. The van der Waals surface area contributed by atoms with Crippen LogP contribution in [-0.4, -0.2) is 86.5 Å². The molecule has 4 aliphatic rings. The van der Waals surface area contributed by atoms with Crippen molar-refractivity contribution in [3.05, 3.63) is 0 Å². The van der Waals surface area contributed by atoms with Crippen molar-refractivity contribution in [1.82, 2.24) is 26.0 Å². The number of nitrogens with one attached hydrogen (secondary N) is 3. The van der Waals surface area contributed by atoms with Crippen molar-refractivity contribution in [2.75, 3.05) is 46.4 Å². The van der Waals surface area contributed by atoms with Crippen LogP contribution in [0.3, 0.4) is 0 Å². The van der Waals surface area contributed by atoms with Crippen molar-refractivity contribution in [2.24, 2.45) is 29.4 Å². The van der Waals surface area contributed by atoms with Crippen LogP contribution in [0.1, 0.15) is 58.8 Å². The summed E-state index contributed by atoms with van der Waals surface area (Å²) >= 11 is 0. The Kier molecular flexibility index (Phi) is 9.04. The summed E-state index contributed by atoms with van der Waals surface area (Å²) in [6, 6.07) is 1.09. The van der Waals surface area contributed by atoms with Gasteiger partial charge in [-0.25, -0.2) is 10.4 Å². The van der Waals surface area contributed by atoms with Gasteiger partial charge < -0.3 is 20.7 Å². The minimum absolute atomic E-state index is 0.0700. The summed E-state index contributed by atoms with van der Waals surface area (Å²) in [6.45, 7) is 9.74. The predicted molar refractivity (Wildman–Crippen MR) is 131 cm³/mol. The molecule has 1 saturated carbocycles. The van der Waals surface area contributed by atoms with Gasteiger partial charge in [0.1, 0.15) is 0 Å². The Morgan fingerprint density at radius 2 is 2.00 bits per heavy atom. The van der Waals surface area contributed by atoms with Gasteiger partial charge in [-0.15, -0.1) is 0 Å². The zero-order valence-corrected chi connectivity index (χ0v) is 21.1. The number of carbonyl (C=O) groups is 1. The molecule has 4 rings (SSSR count). The van der Waals surface area contributed by atoms with E-state index in [2.05, 4.69) is 46.9 Å². The third-order valence-electron chi connectivity index (χ3n) is 8.56. The molecule has 0 bridgehead atoms. The number of hydrogen-bond acceptors (Lipinski definition) is 7. The van der Waals surface area contributed by atoms with E-state index in [1.807, 2.05) is 0 Å². The van der Waals surface area contributed by atoms with E-state index in [1.165, 1.54) is 25.7 Å². The zero-order valence-electron chi connectivity index (χ0n) is 21.1. The molecule has 8 nitrogen and oxygen atoms in total. The fraction of sp³-hybridized carbons (Fsp3) is 0.960. The number of ether oxygens (including phenoxy) is 1. The van der Waals surface area contributed by atoms with Crippen molar-refractivity contribution in [3.8, 4) is 0 Å². The molecule has 190 valence electrons. The third-order valence-corrected chi connectivity index (χ3v) is 8.56. The molecule has 1 aliphatic carbocycles. The average molecular weight is 465 g/mol. The summed E-state index contributed by atoms with van der Waals surface area (Å²) in [4.78, 5) is 15.9. The van der Waals surface area contributed by atoms with Crippen LogP contribution < -0.4 is 21.8 Å². The molecule has 33 heavy (non-hydrogen) atoms. The van der Waals surface area contributed by atoms with Gasteiger partial charge in [0.25, 0.3) is 0 Å². The Balaban J connectivity index is 1.42. The first-order valence-electron chi connectivity index (χ1n) is 13.5. The topological polar surface area (TPSA) is 94.9 Å². The highest BCUT2D eigenvalue weighted by atomic mass is 16.5. The Labute approximate surface area is 200 Å². The van der Waals surface area contributed by atoms with E-state index in [0.717, 1.165) is 64.6 Å². The number of piperidine rings is 1. The Bertz CT molecular complexity index is 628. The van der Waals surface area contributed by atoms with E-state index in [0.29, 0.717) is 23.9 Å². The van der Waals surface area contributed by atoms with Gasteiger partial charge in [-0.2, -0.15) is 0 Å². The van der Waals surface area contributed by atoms with Gasteiger partial charge in [-0.3, -0.25) is 10.1 Å². The molecule has 5 N–H and O–H groups in total. The minimum Gasteiger partial charge on any atom is -0.381 e. The SMILES string of the molecule is CC(C)N1CC2C(NC(C3CCCC(CN(C)CCN)C3)CC2C(=O)NC2CCOCC2)N1. The summed E-state index contributed by atoms with van der Waals surface area (Å²) in [5.41, 5.74) is 9.47. The molecule has 8 heteroatoms. The number of amides is 1. The second-order valence-electron chi connectivity index (χ2n) is 11.4. The van der Waals surface area contributed by atoms with Crippen LogP contribution in [-0.2, 0) is 9.53 Å². The monoisotopic (exact) mass is 464 g/mol. The number of hydrogen-bond donors (Lipinski definition) is 4. The van der Waals surface area contributed by atoms with Crippen LogP contribution in [0.25, 0.3) is 0 Å². The lowest BCUT2D eigenvalue weighted by Gasteiger charge is -2.44. The van der Waals surface area contributed by atoms with Gasteiger partial charge in [-0.1, -0.05) is 6.42 Å². The largest absolute Gasteiger partial charge is 0.381 e. The number of rotatable bonds is 8. The molecule has 3 aliphatic heterocycles. The molecule has 0 spiro atoms. The van der Waals surface area contributed by atoms with Crippen LogP contribution in [0.5, 0.6) is 0 Å². The maximum atomic E-state index is 13.6. The summed E-state index contributed by atoms with van der Waals surface area (Å²) in [5.74, 6) is 2.03. The van der Waals surface area contributed by atoms with Gasteiger partial charge in [0.15, 0.2) is 0 Å². The van der Waals surface area contributed by atoms with Gasteiger partial charge in [0.2, 0.25) is 5.91 Å². The van der Waals surface area contributed by atoms with E-state index < -0.39 is 0 Å². The summed E-state index contributed by atoms with van der Waals surface area (Å²) in [7, 11) is 2.19. The first-order valence-corrected chi connectivity index (χ1v) is 13.5. The Hall–Kier alpha value is -0.770. The maximum Gasteiger partial charge on any atom is 0.223 e. The van der Waals surface area contributed by atoms with Crippen molar-refractivity contribution in [2.45, 2.75) is 83.1 Å². The van der Waals surface area contributed by atoms with E-state index >= 15 is 0 Å². The molecule has 1 amide bonds. The second kappa shape index (κ2) is 11.8. The lowest BCUT2D eigenvalue weighted by molar-refractivity contribution is -0.130. The average Bonchev–Trinajstić information content (AvgIpc) is 3.24. The van der Waals surface area contributed by atoms with E-state index in [4.69, 9.17) is 10.5 Å². The molecule has 6 unspecified atom stereocenters. The van der Waals surface area contributed by atoms with Crippen molar-refractivity contribution in [1.29, 1.82) is 0 Å². The molecule has 0 radical (unpaired) electrons. The smallest absolute Gasteiger partial charge is 0.223 e. The molecule has 0 aromatic rings. The van der Waals surface area contributed by atoms with Gasteiger partial charge in [0.05, 0.1) is 6.17 Å². The normalized spacial score (nSPS) is 36.3. The summed E-state index contributed by atoms with van der Waals surface area (Å²) in [5, 5.41) is 9.70. The molecule has 4 fully saturated rings. The predicted octanol–water partition coefficient (Wildman–Crippen LogP) is 1.13. The highest BCUT2D eigenvalue weighted by Gasteiger charge is 2.48. The molecule has 3 saturated heterocycles. The lowest BCUT2D eigenvalue weighted by Crippen LogP contribution is -2.60. The van der Waals surface area contributed by atoms with Crippen molar-refractivity contribution >= 4 is 5.91 Å². The number of carbonyl (C=O) groups excluding carboxylic acids is 1. The second-order valence-corrected chi connectivity index (χ2v) is 11.4. The number of nitrogens with zero attached hydrogens (tertiary/aromatic N) is 2. The number of fused-ring (bicyclic) bond motifs is 1. The van der Waals surface area contributed by atoms with Crippen LogP contribution in [0.15, 0.2) is 0 Å². The quantitative estimate of drug-likeness (QED) is 0.428. The van der Waals surface area contributed by atoms with Gasteiger partial charge >= 0.3 is 0 Å². The molecular weight excluding hydrogens is 416 g/mol. The van der Waals surface area contributed by atoms with Crippen LogP contribution >= 0.6 is 0 Å². The molecule has 6 atom stereocenters. The van der Waals surface area contributed by atoms with Crippen molar-refractivity contribution < 1.29 is 9.53 Å². The summed E-state index contributed by atoms with van der Waals surface area (Å²) < 4.78 is 5.50. The molecule has 3 heterocycles. The number of hydrazine groups is 1. The first-order chi connectivity index (χ1) is 15.9. The Morgan fingerprint density at radius 1 is 1.21 bits per heavy atom.